The quantitative estimate of drug-likeness (QED) is 0.134. The Morgan fingerprint density at radius 1 is 1.02 bits per heavy atom. The molecule has 1 saturated carbocycles. The van der Waals surface area contributed by atoms with Gasteiger partial charge >= 0.3 is 0 Å². The number of nitrogens with zero attached hydrogens (tertiary/aromatic N) is 1. The number of thiophene rings is 1. The van der Waals surface area contributed by atoms with Gasteiger partial charge in [-0.2, -0.15) is 4.31 Å². The fraction of sp³-hybridized carbons (Fsp3) is 0.439. The Morgan fingerprint density at radius 2 is 1.80 bits per heavy atom. The average Bonchev–Trinajstić information content (AvgIpc) is 3.64. The summed E-state index contributed by atoms with van der Waals surface area (Å²) < 4.78 is 40.2. The molecule has 7 rings (SSSR count). The van der Waals surface area contributed by atoms with Gasteiger partial charge in [0.05, 0.1) is 37.1 Å². The fourth-order valence-corrected chi connectivity index (χ4v) is 10.0. The van der Waals surface area contributed by atoms with Crippen LogP contribution in [0.3, 0.4) is 0 Å². The fourth-order valence-electron chi connectivity index (χ4n) is 8.18. The van der Waals surface area contributed by atoms with E-state index in [1.165, 1.54) is 34.6 Å². The van der Waals surface area contributed by atoms with E-state index in [0.717, 1.165) is 27.6 Å². The van der Waals surface area contributed by atoms with Gasteiger partial charge in [0.25, 0.3) is 0 Å². The number of carbonyl (C=O) groups excluding carboxylic acids is 1. The number of sulfonamides is 1. The molecule has 8 nitrogen and oxygen atoms in total. The summed E-state index contributed by atoms with van der Waals surface area (Å²) in [4.78, 5) is 15.2. The van der Waals surface area contributed by atoms with Crippen LogP contribution >= 0.6 is 11.3 Å². The van der Waals surface area contributed by atoms with E-state index >= 15 is 0 Å². The highest BCUT2D eigenvalue weighted by Gasteiger charge is 2.58. The first kappa shape index (κ1) is 37.2. The van der Waals surface area contributed by atoms with Crippen molar-refractivity contribution in [1.29, 1.82) is 0 Å². The number of rotatable bonds is 9. The van der Waals surface area contributed by atoms with Gasteiger partial charge in [-0.15, -0.1) is 11.3 Å². The minimum Gasteiger partial charge on any atom is -0.497 e. The summed E-state index contributed by atoms with van der Waals surface area (Å²) in [5.41, 5.74) is 1.95. The number of aliphatic hydroxyl groups is 2. The summed E-state index contributed by atoms with van der Waals surface area (Å²) in [6.45, 7) is 4.04. The van der Waals surface area contributed by atoms with Crippen LogP contribution in [0.4, 0.5) is 0 Å². The number of methoxy groups -OCH3 is 2. The first-order chi connectivity index (χ1) is 24.2. The lowest BCUT2D eigenvalue weighted by atomic mass is 9.65. The predicted molar refractivity (Wildman–Crippen MR) is 203 cm³/mol. The molecule has 272 valence electrons. The highest BCUT2D eigenvalue weighted by atomic mass is 32.2. The van der Waals surface area contributed by atoms with Gasteiger partial charge in [0.2, 0.25) is 15.8 Å². The molecule has 4 aromatic rings. The summed E-state index contributed by atoms with van der Waals surface area (Å²) in [5, 5.41) is 24.9. The van der Waals surface area contributed by atoms with Crippen LogP contribution in [0.1, 0.15) is 90.2 Å². The Morgan fingerprint density at radius 3 is 2.53 bits per heavy atom. The van der Waals surface area contributed by atoms with Crippen molar-refractivity contribution in [2.45, 2.75) is 83.0 Å². The number of hydrogen-bond donors (Lipinski definition) is 2. The molecule has 10 heteroatoms. The van der Waals surface area contributed by atoms with Crippen LogP contribution in [-0.4, -0.2) is 67.4 Å². The van der Waals surface area contributed by atoms with Gasteiger partial charge in [0.15, 0.2) is 0 Å². The van der Waals surface area contributed by atoms with Crippen LogP contribution in [0.5, 0.6) is 11.5 Å². The number of hydrogen-bond acceptors (Lipinski definition) is 8. The van der Waals surface area contributed by atoms with Gasteiger partial charge in [-0.3, -0.25) is 4.79 Å². The van der Waals surface area contributed by atoms with Crippen LogP contribution in [0.2, 0.25) is 0 Å². The maximum absolute atomic E-state index is 14.5. The van der Waals surface area contributed by atoms with E-state index in [-0.39, 0.29) is 24.8 Å². The van der Waals surface area contributed by atoms with E-state index in [1.54, 1.807) is 25.3 Å². The predicted octanol–water partition coefficient (Wildman–Crippen LogP) is 7.65. The maximum atomic E-state index is 14.5. The number of allylic oxidation sites excluding steroid dienone is 2. The smallest absolute Gasteiger partial charge is 0.211 e. The Labute approximate surface area is 305 Å². The average molecular weight is 732 g/mol. The first-order valence-electron chi connectivity index (χ1n) is 17.6. The van der Waals surface area contributed by atoms with Gasteiger partial charge in [0, 0.05) is 40.4 Å². The highest BCUT2D eigenvalue weighted by molar-refractivity contribution is 7.88. The number of fused-ring (bicyclic) bond motifs is 9. The topological polar surface area (TPSA) is 113 Å². The third-order valence-corrected chi connectivity index (χ3v) is 13.6. The van der Waals surface area contributed by atoms with Gasteiger partial charge in [-0.25, -0.2) is 8.42 Å². The zero-order chi connectivity index (χ0) is 36.6. The molecule has 0 amide bonds. The standard InChI is InChI=1S/C41H49NO7S2/c1-27-9-8-19-40(2)35(18-20-41(40,45)26-42(51(5,46)47)25-30-14-16-32(48-3)24-36(30)49-4)33-17-13-28(21-31(43)15-12-27)22-34(33)39(44)38-23-29-10-6-7-11-37(29)50-38/h6-7,9-11,13-14,16-17,22-24,31,35,43,45H,8,12,15,18-21,25-26H2,1-5H3. The van der Waals surface area contributed by atoms with Gasteiger partial charge in [-0.05, 0) is 98.6 Å². The van der Waals surface area contributed by atoms with Gasteiger partial charge in [-0.1, -0.05) is 55.0 Å². The second-order valence-corrected chi connectivity index (χ2v) is 17.7. The summed E-state index contributed by atoms with van der Waals surface area (Å²) in [6.07, 6.45) is 6.78. The molecule has 1 fully saturated rings. The Balaban J connectivity index is 1.44. The molecule has 4 atom stereocenters. The number of ketones is 1. The monoisotopic (exact) mass is 731 g/mol. The van der Waals surface area contributed by atoms with Crippen LogP contribution < -0.4 is 9.47 Å². The van der Waals surface area contributed by atoms with Crippen molar-refractivity contribution < 1.29 is 32.9 Å². The summed E-state index contributed by atoms with van der Waals surface area (Å²) >= 11 is 1.47. The number of ether oxygens (including phenoxy) is 2. The van der Waals surface area contributed by atoms with Crippen LogP contribution in [0, 0.1) is 5.41 Å². The molecule has 1 aromatic heterocycles. The second kappa shape index (κ2) is 14.8. The summed E-state index contributed by atoms with van der Waals surface area (Å²) in [5.74, 6) is 0.783. The molecule has 0 spiro atoms. The first-order valence-corrected chi connectivity index (χ1v) is 20.3. The molecular weight excluding hydrogens is 683 g/mol. The minimum atomic E-state index is -3.78. The van der Waals surface area contributed by atoms with Crippen LogP contribution in [0.25, 0.3) is 10.1 Å². The second-order valence-electron chi connectivity index (χ2n) is 14.6. The molecular formula is C41H49NO7S2. The summed E-state index contributed by atoms with van der Waals surface area (Å²) in [6, 6.07) is 21.1. The van der Waals surface area contributed by atoms with E-state index in [1.807, 2.05) is 48.5 Å². The lowest BCUT2D eigenvalue weighted by Crippen LogP contribution is -2.53. The van der Waals surface area contributed by atoms with Crippen molar-refractivity contribution in [2.75, 3.05) is 27.0 Å². The molecule has 51 heavy (non-hydrogen) atoms. The zero-order valence-corrected chi connectivity index (χ0v) is 31.8. The van der Waals surface area contributed by atoms with E-state index in [0.29, 0.717) is 66.0 Å². The number of carbonyl (C=O) groups is 1. The van der Waals surface area contributed by atoms with Crippen molar-refractivity contribution >= 4 is 37.2 Å². The lowest BCUT2D eigenvalue weighted by Gasteiger charge is -2.45. The lowest BCUT2D eigenvalue weighted by molar-refractivity contribution is -0.0731. The van der Waals surface area contributed by atoms with Crippen molar-refractivity contribution in [3.05, 3.63) is 106 Å². The number of aliphatic hydroxyl groups excluding tert-OH is 1. The van der Waals surface area contributed by atoms with Crippen LogP contribution in [-0.2, 0) is 23.0 Å². The maximum Gasteiger partial charge on any atom is 0.211 e. The normalized spacial score (nSPS) is 24.3. The minimum absolute atomic E-state index is 0.0146. The van der Waals surface area contributed by atoms with E-state index in [4.69, 9.17) is 9.47 Å². The third kappa shape index (κ3) is 7.66. The Bertz CT molecular complexity index is 2020. The highest BCUT2D eigenvalue weighted by Crippen LogP contribution is 2.59. The van der Waals surface area contributed by atoms with Crippen molar-refractivity contribution in [2.24, 2.45) is 5.41 Å². The summed E-state index contributed by atoms with van der Waals surface area (Å²) in [7, 11) is -0.683. The van der Waals surface area contributed by atoms with E-state index < -0.39 is 27.1 Å². The molecule has 3 aliphatic rings. The van der Waals surface area contributed by atoms with Crippen molar-refractivity contribution in [3.63, 3.8) is 0 Å². The van der Waals surface area contributed by atoms with Crippen LogP contribution in [0.15, 0.2) is 78.4 Å². The van der Waals surface area contributed by atoms with Crippen molar-refractivity contribution in [1.82, 2.24) is 4.31 Å². The Hall–Kier alpha value is -3.54. The Kier molecular flexibility index (Phi) is 10.8. The molecule has 0 radical (unpaired) electrons. The van der Waals surface area contributed by atoms with Gasteiger partial charge in [0.1, 0.15) is 11.5 Å². The molecule has 0 saturated heterocycles. The molecule has 2 bridgehead atoms. The van der Waals surface area contributed by atoms with E-state index in [9.17, 15) is 23.4 Å². The molecule has 1 heterocycles. The SMILES string of the molecule is COc1ccc(CN(CC2(O)CCC3c4ccc(cc4C(=O)c4cc5ccccc5s4)CC(O)CCC(C)=CCCC32C)S(C)(=O)=O)c(OC)c1. The van der Waals surface area contributed by atoms with Crippen molar-refractivity contribution in [3.8, 4) is 11.5 Å². The third-order valence-electron chi connectivity index (χ3n) is 11.3. The van der Waals surface area contributed by atoms with E-state index in [2.05, 4.69) is 19.9 Å². The molecule has 2 N–H and O–H groups in total. The molecule has 0 aliphatic heterocycles. The zero-order valence-electron chi connectivity index (χ0n) is 30.1. The molecule has 3 aliphatic carbocycles. The van der Waals surface area contributed by atoms with Gasteiger partial charge < -0.3 is 19.7 Å². The largest absolute Gasteiger partial charge is 0.497 e. The molecule has 3 aromatic carbocycles. The molecule has 4 unspecified atom stereocenters. The number of benzene rings is 3.